The topological polar surface area (TPSA) is 92.9 Å². The summed E-state index contributed by atoms with van der Waals surface area (Å²) in [5, 5.41) is 14.2. The largest absolute Gasteiger partial charge is 0.444 e. The highest BCUT2D eigenvalue weighted by Gasteiger charge is 2.13. The van der Waals surface area contributed by atoms with Crippen LogP contribution in [0.5, 0.6) is 0 Å². The lowest BCUT2D eigenvalue weighted by molar-refractivity contribution is 0.0946. The summed E-state index contributed by atoms with van der Waals surface area (Å²) in [6.07, 6.45) is 1.61. The minimum Gasteiger partial charge on any atom is -0.444 e. The van der Waals surface area contributed by atoms with Crippen molar-refractivity contribution in [3.63, 3.8) is 0 Å². The van der Waals surface area contributed by atoms with Gasteiger partial charge >= 0.3 is 0 Å². The van der Waals surface area contributed by atoms with Gasteiger partial charge < -0.3 is 15.1 Å². The highest BCUT2D eigenvalue weighted by atomic mass is 32.1. The molecular weight excluding hydrogens is 254 g/mol. The van der Waals surface area contributed by atoms with Gasteiger partial charge in [0.25, 0.3) is 5.91 Å². The molecule has 2 N–H and O–H groups in total. The Balaban J connectivity index is 1.90. The van der Waals surface area contributed by atoms with Crippen LogP contribution in [0.1, 0.15) is 28.4 Å². The fourth-order valence-electron chi connectivity index (χ4n) is 1.25. The number of carbonyl (C=O) groups excluding carboxylic acids is 1. The first kappa shape index (κ1) is 12.5. The number of rotatable bonds is 5. The molecule has 0 aliphatic heterocycles. The number of carbonyl (C=O) groups is 1. The zero-order valence-electron chi connectivity index (χ0n) is 10.1. The van der Waals surface area contributed by atoms with Crippen molar-refractivity contribution in [1.82, 2.24) is 20.5 Å². The highest BCUT2D eigenvalue weighted by molar-refractivity contribution is 7.17. The summed E-state index contributed by atoms with van der Waals surface area (Å²) >= 11 is 1.21. The summed E-state index contributed by atoms with van der Waals surface area (Å²) in [4.78, 5) is 15.7. The first-order chi connectivity index (χ1) is 8.69. The number of oxazole rings is 1. The number of aromatic nitrogens is 3. The van der Waals surface area contributed by atoms with E-state index in [2.05, 4.69) is 25.8 Å². The monoisotopic (exact) mass is 267 g/mol. The molecule has 0 fully saturated rings. The molecule has 0 aliphatic rings. The third-order valence-corrected chi connectivity index (χ3v) is 2.90. The Hall–Kier alpha value is -1.96. The van der Waals surface area contributed by atoms with Crippen molar-refractivity contribution < 1.29 is 9.21 Å². The minimum absolute atomic E-state index is 0.239. The van der Waals surface area contributed by atoms with Crippen LogP contribution in [0.4, 0.5) is 5.13 Å². The van der Waals surface area contributed by atoms with E-state index in [9.17, 15) is 4.79 Å². The van der Waals surface area contributed by atoms with Crippen LogP contribution in [0.15, 0.2) is 10.6 Å². The maximum Gasteiger partial charge on any atom is 0.282 e. The smallest absolute Gasteiger partial charge is 0.282 e. The summed E-state index contributed by atoms with van der Waals surface area (Å²) in [7, 11) is 0. The number of nitrogens with zero attached hydrogens (tertiary/aromatic N) is 3. The lowest BCUT2D eigenvalue weighted by atomic mass is 10.5. The van der Waals surface area contributed by atoms with E-state index in [-0.39, 0.29) is 12.5 Å². The van der Waals surface area contributed by atoms with Gasteiger partial charge in [-0.25, -0.2) is 4.98 Å². The van der Waals surface area contributed by atoms with Gasteiger partial charge in [0.15, 0.2) is 0 Å². The molecule has 0 unspecified atom stereocenters. The number of aryl methyl sites for hydroxylation is 1. The zero-order valence-corrected chi connectivity index (χ0v) is 10.9. The molecule has 2 rings (SSSR count). The Morgan fingerprint density at radius 3 is 3.00 bits per heavy atom. The van der Waals surface area contributed by atoms with Crippen molar-refractivity contribution in [2.24, 2.45) is 0 Å². The molecule has 0 aromatic carbocycles. The van der Waals surface area contributed by atoms with E-state index >= 15 is 0 Å². The molecule has 18 heavy (non-hydrogen) atoms. The molecule has 0 radical (unpaired) electrons. The van der Waals surface area contributed by atoms with Gasteiger partial charge in [0, 0.05) is 6.54 Å². The number of anilines is 1. The van der Waals surface area contributed by atoms with Crippen LogP contribution in [0.2, 0.25) is 0 Å². The summed E-state index contributed by atoms with van der Waals surface area (Å²) < 4.78 is 5.24. The highest BCUT2D eigenvalue weighted by Crippen LogP contribution is 2.14. The molecule has 0 atom stereocenters. The van der Waals surface area contributed by atoms with Gasteiger partial charge in [0.05, 0.1) is 12.7 Å². The number of hydrogen-bond acceptors (Lipinski definition) is 7. The van der Waals surface area contributed by atoms with Gasteiger partial charge in [-0.3, -0.25) is 4.79 Å². The minimum atomic E-state index is -0.285. The molecule has 7 nitrogen and oxygen atoms in total. The van der Waals surface area contributed by atoms with Crippen LogP contribution in [-0.4, -0.2) is 27.6 Å². The van der Waals surface area contributed by atoms with Crippen molar-refractivity contribution in [3.8, 4) is 0 Å². The first-order valence-corrected chi connectivity index (χ1v) is 6.27. The van der Waals surface area contributed by atoms with Crippen molar-refractivity contribution in [2.75, 3.05) is 11.9 Å². The van der Waals surface area contributed by atoms with Crippen LogP contribution >= 0.6 is 11.3 Å². The van der Waals surface area contributed by atoms with Gasteiger partial charge in [-0.2, -0.15) is 0 Å². The maximum atomic E-state index is 11.7. The molecule has 96 valence electrons. The Labute approximate surface area is 108 Å². The predicted octanol–water partition coefficient (Wildman–Crippen LogP) is 1.20. The van der Waals surface area contributed by atoms with Gasteiger partial charge in [0.1, 0.15) is 5.76 Å². The van der Waals surface area contributed by atoms with E-state index in [0.717, 1.165) is 6.54 Å². The van der Waals surface area contributed by atoms with Crippen LogP contribution < -0.4 is 10.6 Å². The molecule has 0 saturated heterocycles. The zero-order chi connectivity index (χ0) is 13.0. The molecular formula is C10H13N5O2S. The third kappa shape index (κ3) is 3.04. The molecule has 2 aromatic rings. The maximum absolute atomic E-state index is 11.7. The molecule has 2 heterocycles. The second kappa shape index (κ2) is 5.58. The lowest BCUT2D eigenvalue weighted by Gasteiger charge is -1.98. The van der Waals surface area contributed by atoms with Gasteiger partial charge in [0.2, 0.25) is 16.0 Å². The van der Waals surface area contributed by atoms with Crippen LogP contribution in [-0.2, 0) is 6.54 Å². The predicted molar refractivity (Wildman–Crippen MR) is 66.5 cm³/mol. The molecule has 0 spiro atoms. The van der Waals surface area contributed by atoms with E-state index in [0.29, 0.717) is 21.8 Å². The van der Waals surface area contributed by atoms with Crippen molar-refractivity contribution in [3.05, 3.63) is 22.9 Å². The molecule has 0 saturated carbocycles. The fourth-order valence-corrected chi connectivity index (χ4v) is 1.98. The lowest BCUT2D eigenvalue weighted by Crippen LogP contribution is -2.22. The second-order valence-electron chi connectivity index (χ2n) is 3.49. The summed E-state index contributed by atoms with van der Waals surface area (Å²) in [5.41, 5.74) is 0. The number of hydrogen-bond donors (Lipinski definition) is 2. The van der Waals surface area contributed by atoms with Crippen LogP contribution in [0, 0.1) is 6.92 Å². The fraction of sp³-hybridized carbons (Fsp3) is 0.400. The van der Waals surface area contributed by atoms with Crippen molar-refractivity contribution >= 4 is 22.4 Å². The summed E-state index contributed by atoms with van der Waals surface area (Å²) in [6, 6.07) is 0. The van der Waals surface area contributed by atoms with E-state index in [4.69, 9.17) is 4.42 Å². The van der Waals surface area contributed by atoms with E-state index in [1.54, 1.807) is 13.1 Å². The average molecular weight is 267 g/mol. The Morgan fingerprint density at radius 1 is 1.50 bits per heavy atom. The number of amides is 1. The normalized spacial score (nSPS) is 10.3. The molecule has 2 aromatic heterocycles. The van der Waals surface area contributed by atoms with Crippen LogP contribution in [0.3, 0.4) is 0 Å². The Morgan fingerprint density at radius 2 is 2.33 bits per heavy atom. The van der Waals surface area contributed by atoms with E-state index in [1.807, 2.05) is 6.92 Å². The molecule has 0 bridgehead atoms. The average Bonchev–Trinajstić information content (AvgIpc) is 2.96. The summed E-state index contributed by atoms with van der Waals surface area (Å²) in [5.74, 6) is 0.898. The standard InChI is InChI=1S/C10H13N5O2S/c1-3-11-10-15-14-9(18-10)8(16)13-5-7-12-4-6(2)17-7/h4H,3,5H2,1-2H3,(H,11,15)(H,13,16). The van der Waals surface area contributed by atoms with E-state index < -0.39 is 0 Å². The summed E-state index contributed by atoms with van der Waals surface area (Å²) in [6.45, 7) is 4.73. The van der Waals surface area contributed by atoms with Gasteiger partial charge in [-0.1, -0.05) is 11.3 Å². The molecule has 8 heteroatoms. The Kier molecular flexibility index (Phi) is 3.88. The first-order valence-electron chi connectivity index (χ1n) is 5.46. The van der Waals surface area contributed by atoms with E-state index in [1.165, 1.54) is 11.3 Å². The van der Waals surface area contributed by atoms with Gasteiger partial charge in [-0.15, -0.1) is 10.2 Å². The number of nitrogens with one attached hydrogen (secondary N) is 2. The van der Waals surface area contributed by atoms with Crippen LogP contribution in [0.25, 0.3) is 0 Å². The molecule has 1 amide bonds. The third-order valence-electron chi connectivity index (χ3n) is 2.02. The Bertz CT molecular complexity index is 536. The second-order valence-corrected chi connectivity index (χ2v) is 4.47. The van der Waals surface area contributed by atoms with Gasteiger partial charge in [-0.05, 0) is 13.8 Å². The molecule has 0 aliphatic carbocycles. The SMILES string of the molecule is CCNc1nnc(C(=O)NCc2ncc(C)o2)s1. The van der Waals surface area contributed by atoms with Crippen molar-refractivity contribution in [1.29, 1.82) is 0 Å². The van der Waals surface area contributed by atoms with Crippen molar-refractivity contribution in [2.45, 2.75) is 20.4 Å². The quantitative estimate of drug-likeness (QED) is 0.845.